The predicted molar refractivity (Wildman–Crippen MR) is 125 cm³/mol. The fourth-order valence-electron chi connectivity index (χ4n) is 3.70. The maximum absolute atomic E-state index is 11.7. The largest absolute Gasteiger partial charge is 0.411 e. The van der Waals surface area contributed by atoms with Crippen LogP contribution in [0.2, 0.25) is 0 Å². The minimum atomic E-state index is -4.11. The van der Waals surface area contributed by atoms with E-state index < -0.39 is 19.9 Å². The van der Waals surface area contributed by atoms with Gasteiger partial charge in [-0.3, -0.25) is 9.59 Å². The van der Waals surface area contributed by atoms with Crippen LogP contribution in [0.25, 0.3) is 0 Å². The molecular weight excluding hydrogens is 401 g/mol. The topological polar surface area (TPSA) is 98.1 Å². The van der Waals surface area contributed by atoms with Crippen LogP contribution in [0.4, 0.5) is 0 Å². The molecule has 0 aromatic rings. The first-order valence-corrected chi connectivity index (χ1v) is 13.9. The molecule has 0 bridgehead atoms. The molecule has 0 aromatic carbocycles. The molecule has 6 nitrogen and oxygen atoms in total. The van der Waals surface area contributed by atoms with E-state index >= 15 is 0 Å². The van der Waals surface area contributed by atoms with Crippen LogP contribution in [0.15, 0.2) is 0 Å². The highest BCUT2D eigenvalue weighted by atomic mass is 31.2. The van der Waals surface area contributed by atoms with Crippen molar-refractivity contribution in [3.63, 3.8) is 0 Å². The molecule has 0 aliphatic heterocycles. The van der Waals surface area contributed by atoms with E-state index in [1.165, 1.54) is 95.3 Å². The molecule has 30 heavy (non-hydrogen) atoms. The molecule has 178 valence electrons. The molecule has 1 amide bonds. The van der Waals surface area contributed by atoms with Gasteiger partial charge in [0.15, 0.2) is 11.9 Å². The van der Waals surface area contributed by atoms with Gasteiger partial charge in [0.05, 0.1) is 6.54 Å². The zero-order valence-corrected chi connectivity index (χ0v) is 20.4. The molecule has 0 aromatic heterocycles. The molecule has 0 aliphatic rings. The van der Waals surface area contributed by atoms with Gasteiger partial charge in [0.2, 0.25) is 5.91 Å². The average molecular weight is 449 g/mol. The molecule has 0 fully saturated rings. The molecule has 0 unspecified atom stereocenters. The zero-order chi connectivity index (χ0) is 22.7. The van der Waals surface area contributed by atoms with E-state index in [-0.39, 0.29) is 12.5 Å². The Morgan fingerprint density at radius 1 is 0.667 bits per heavy atom. The number of unbranched alkanes of at least 4 members (excludes halogenated alkanes) is 15. The molecule has 0 saturated heterocycles. The third kappa shape index (κ3) is 20.7. The third-order valence-electron chi connectivity index (χ3n) is 5.48. The number of hydrogen-bond donors (Lipinski definition) is 3. The summed E-state index contributed by atoms with van der Waals surface area (Å²) < 4.78 is 0. The van der Waals surface area contributed by atoms with Crippen LogP contribution in [-0.2, 0) is 9.59 Å². The number of amides is 1. The fraction of sp³-hybridized carbons (Fsp3) is 0.913. The minimum absolute atomic E-state index is 0.169. The highest BCUT2D eigenvalue weighted by molar-refractivity contribution is 7.59. The van der Waals surface area contributed by atoms with Gasteiger partial charge in [0, 0.05) is 13.5 Å². The standard InChI is InChI=1S/C23H47NO5P/c1-3-4-5-6-7-8-9-10-11-12-13-14-15-16-17-18-19-24(22(2)25)20-23(26)21-30(27,28)29/h27-29H,3-21H2,1-2H3/q+1. The number of carbonyl (C=O) groups is 2. The summed E-state index contributed by atoms with van der Waals surface area (Å²) >= 11 is 0. The lowest BCUT2D eigenvalue weighted by molar-refractivity contribution is -0.133. The van der Waals surface area contributed by atoms with Crippen LogP contribution in [0, 0.1) is 0 Å². The van der Waals surface area contributed by atoms with Crippen LogP contribution in [0.5, 0.6) is 0 Å². The van der Waals surface area contributed by atoms with Gasteiger partial charge in [-0.2, -0.15) is 14.7 Å². The third-order valence-corrected chi connectivity index (χ3v) is 6.26. The second-order valence-electron chi connectivity index (χ2n) is 8.63. The summed E-state index contributed by atoms with van der Waals surface area (Å²) in [7, 11) is -4.11. The highest BCUT2D eigenvalue weighted by Crippen LogP contribution is 2.43. The van der Waals surface area contributed by atoms with Crippen LogP contribution >= 0.6 is 7.94 Å². The van der Waals surface area contributed by atoms with Crippen LogP contribution in [-0.4, -0.2) is 50.5 Å². The van der Waals surface area contributed by atoms with Gasteiger partial charge in [0.25, 0.3) is 0 Å². The van der Waals surface area contributed by atoms with E-state index in [4.69, 9.17) is 14.7 Å². The lowest BCUT2D eigenvalue weighted by Crippen LogP contribution is -2.36. The molecule has 0 rings (SSSR count). The molecule has 7 heteroatoms. The van der Waals surface area contributed by atoms with Gasteiger partial charge >= 0.3 is 7.94 Å². The van der Waals surface area contributed by atoms with E-state index in [1.54, 1.807) is 0 Å². The summed E-state index contributed by atoms with van der Waals surface area (Å²) in [5.41, 5.74) is 0. The molecular formula is C23H47NO5P+. The minimum Gasteiger partial charge on any atom is -0.335 e. The Bertz CT molecular complexity index is 440. The number of nitrogens with zero attached hydrogens (tertiary/aromatic N) is 1. The SMILES string of the molecule is CCCCCCCCCCCCCCCCCCN(CC(=O)C[P+](O)(O)O)C(C)=O. The van der Waals surface area contributed by atoms with Crippen molar-refractivity contribution in [2.24, 2.45) is 0 Å². The summed E-state index contributed by atoms with van der Waals surface area (Å²) in [4.78, 5) is 51.6. The summed E-state index contributed by atoms with van der Waals surface area (Å²) in [6.45, 7) is 3.98. The van der Waals surface area contributed by atoms with Crippen molar-refractivity contribution in [2.45, 2.75) is 117 Å². The maximum atomic E-state index is 11.7. The number of ketones is 1. The highest BCUT2D eigenvalue weighted by Gasteiger charge is 2.34. The Labute approximate surface area is 185 Å². The smallest absolute Gasteiger partial charge is 0.335 e. The first-order valence-electron chi connectivity index (χ1n) is 12.1. The van der Waals surface area contributed by atoms with Crippen molar-refractivity contribution in [3.05, 3.63) is 0 Å². The van der Waals surface area contributed by atoms with Crippen molar-refractivity contribution >= 4 is 19.6 Å². The second kappa shape index (κ2) is 19.2. The van der Waals surface area contributed by atoms with Gasteiger partial charge in [0.1, 0.15) is 0 Å². The molecule has 0 aliphatic carbocycles. The van der Waals surface area contributed by atoms with Gasteiger partial charge in [-0.25, -0.2) is 0 Å². The maximum Gasteiger partial charge on any atom is 0.411 e. The summed E-state index contributed by atoms with van der Waals surface area (Å²) in [6, 6.07) is 0. The Morgan fingerprint density at radius 3 is 1.37 bits per heavy atom. The number of hydrogen-bond acceptors (Lipinski definition) is 5. The van der Waals surface area contributed by atoms with Crippen molar-refractivity contribution in [1.82, 2.24) is 4.90 Å². The van der Waals surface area contributed by atoms with Crippen molar-refractivity contribution < 1.29 is 24.3 Å². The van der Waals surface area contributed by atoms with E-state index in [1.807, 2.05) is 0 Å². The van der Waals surface area contributed by atoms with E-state index in [0.717, 1.165) is 19.3 Å². The molecule has 0 atom stereocenters. The van der Waals surface area contributed by atoms with Gasteiger partial charge < -0.3 is 4.90 Å². The Kier molecular flexibility index (Phi) is 18.8. The normalized spacial score (nSPS) is 11.6. The van der Waals surface area contributed by atoms with Crippen molar-refractivity contribution in [3.8, 4) is 0 Å². The monoisotopic (exact) mass is 448 g/mol. The molecule has 0 radical (unpaired) electrons. The van der Waals surface area contributed by atoms with E-state index in [0.29, 0.717) is 6.54 Å². The van der Waals surface area contributed by atoms with Crippen LogP contribution in [0.3, 0.4) is 0 Å². The summed E-state index contributed by atoms with van der Waals surface area (Å²) in [6.07, 6.45) is 19.9. The average Bonchev–Trinajstić information content (AvgIpc) is 2.65. The Hall–Kier alpha value is -0.550. The van der Waals surface area contributed by atoms with Crippen LogP contribution < -0.4 is 0 Å². The Balaban J connectivity index is 3.52. The lowest BCUT2D eigenvalue weighted by atomic mass is 10.0. The molecule has 0 spiro atoms. The van der Waals surface area contributed by atoms with E-state index in [9.17, 15) is 9.59 Å². The Morgan fingerprint density at radius 2 is 1.03 bits per heavy atom. The second-order valence-corrected chi connectivity index (χ2v) is 10.3. The van der Waals surface area contributed by atoms with E-state index in [2.05, 4.69) is 6.92 Å². The number of rotatable bonds is 21. The van der Waals surface area contributed by atoms with Gasteiger partial charge in [-0.15, -0.1) is 0 Å². The molecule has 0 saturated carbocycles. The number of Topliss-reactive ketones (excluding diaryl/α,β-unsaturated/α-hetero) is 1. The van der Waals surface area contributed by atoms with Crippen molar-refractivity contribution in [2.75, 3.05) is 19.3 Å². The lowest BCUT2D eigenvalue weighted by Gasteiger charge is -2.20. The predicted octanol–water partition coefficient (Wildman–Crippen LogP) is 5.41. The van der Waals surface area contributed by atoms with Crippen molar-refractivity contribution in [1.29, 1.82) is 0 Å². The summed E-state index contributed by atoms with van der Waals surface area (Å²) in [5, 5.41) is 0. The fourth-order valence-corrected chi connectivity index (χ4v) is 4.27. The van der Waals surface area contributed by atoms with Gasteiger partial charge in [-0.05, 0) is 6.42 Å². The first kappa shape index (κ1) is 29.5. The first-order chi connectivity index (χ1) is 14.3. The molecule has 0 heterocycles. The van der Waals surface area contributed by atoms with Crippen LogP contribution in [0.1, 0.15) is 117 Å². The zero-order valence-electron chi connectivity index (χ0n) is 19.5. The number of carbonyl (C=O) groups excluding carboxylic acids is 2. The molecule has 3 N–H and O–H groups in total. The summed E-state index contributed by atoms with van der Waals surface area (Å²) in [5.74, 6) is -0.732. The quantitative estimate of drug-likeness (QED) is 0.161. The van der Waals surface area contributed by atoms with Gasteiger partial charge in [-0.1, -0.05) is 103 Å².